The fourth-order valence-electron chi connectivity index (χ4n) is 2.67. The van der Waals surface area contributed by atoms with Crippen molar-refractivity contribution in [3.8, 4) is 0 Å². The van der Waals surface area contributed by atoms with Gasteiger partial charge in [-0.15, -0.1) is 11.3 Å². The molecule has 2 saturated heterocycles. The van der Waals surface area contributed by atoms with Crippen LogP contribution in [0.1, 0.15) is 21.7 Å². The van der Waals surface area contributed by atoms with Crippen LogP contribution in [0.4, 0.5) is 0 Å². The molecule has 2 fully saturated rings. The third kappa shape index (κ3) is 1.62. The number of rotatable bonds is 1. The molecule has 2 bridgehead atoms. The van der Waals surface area contributed by atoms with Gasteiger partial charge >= 0.3 is 0 Å². The summed E-state index contributed by atoms with van der Waals surface area (Å²) in [7, 11) is -2.92. The van der Waals surface area contributed by atoms with Crippen LogP contribution in [-0.2, 0) is 9.84 Å². The van der Waals surface area contributed by atoms with Crippen molar-refractivity contribution >= 4 is 27.1 Å². The molecule has 0 spiro atoms. The maximum absolute atomic E-state index is 12.3. The van der Waals surface area contributed by atoms with E-state index in [0.717, 1.165) is 10.4 Å². The number of thiophene rings is 1. The molecular formula is C11H13NO3S2. The molecule has 0 N–H and O–H groups in total. The van der Waals surface area contributed by atoms with Gasteiger partial charge in [0.1, 0.15) is 0 Å². The Labute approximate surface area is 104 Å². The second-order valence-corrected chi connectivity index (χ2v) is 7.97. The molecule has 92 valence electrons. The number of aryl methyl sites for hydroxylation is 1. The molecule has 2 atom stereocenters. The summed E-state index contributed by atoms with van der Waals surface area (Å²) in [6.07, 6.45) is 0.624. The largest absolute Gasteiger partial charge is 0.333 e. The number of hydrogen-bond donors (Lipinski definition) is 0. The van der Waals surface area contributed by atoms with Crippen molar-refractivity contribution in [2.45, 2.75) is 24.6 Å². The van der Waals surface area contributed by atoms with Crippen LogP contribution in [0.2, 0.25) is 0 Å². The molecule has 0 aromatic carbocycles. The first-order valence-electron chi connectivity index (χ1n) is 5.55. The van der Waals surface area contributed by atoms with Gasteiger partial charge in [0.2, 0.25) is 0 Å². The third-order valence-electron chi connectivity index (χ3n) is 3.63. The van der Waals surface area contributed by atoms with Crippen molar-refractivity contribution in [2.24, 2.45) is 0 Å². The summed E-state index contributed by atoms with van der Waals surface area (Å²) in [6.45, 7) is 2.29. The lowest BCUT2D eigenvalue weighted by Crippen LogP contribution is -2.44. The van der Waals surface area contributed by atoms with Crippen molar-refractivity contribution in [1.29, 1.82) is 0 Å². The van der Waals surface area contributed by atoms with Crippen LogP contribution in [0, 0.1) is 6.92 Å². The number of carbonyl (C=O) groups excluding carboxylic acids is 1. The summed E-state index contributed by atoms with van der Waals surface area (Å²) >= 11 is 1.43. The van der Waals surface area contributed by atoms with E-state index < -0.39 is 9.84 Å². The Morgan fingerprint density at radius 2 is 2.29 bits per heavy atom. The smallest absolute Gasteiger partial charge is 0.264 e. The van der Waals surface area contributed by atoms with Crippen molar-refractivity contribution in [3.05, 3.63) is 21.9 Å². The van der Waals surface area contributed by atoms with E-state index in [-0.39, 0.29) is 23.0 Å². The number of hydrogen-bond acceptors (Lipinski definition) is 4. The van der Waals surface area contributed by atoms with Gasteiger partial charge in [-0.25, -0.2) is 8.42 Å². The summed E-state index contributed by atoms with van der Waals surface area (Å²) in [6, 6.07) is 1.82. The second kappa shape index (κ2) is 3.55. The topological polar surface area (TPSA) is 54.5 Å². The molecule has 2 aliphatic heterocycles. The second-order valence-electron chi connectivity index (χ2n) is 4.73. The van der Waals surface area contributed by atoms with E-state index >= 15 is 0 Å². The Morgan fingerprint density at radius 1 is 1.53 bits per heavy atom. The van der Waals surface area contributed by atoms with Gasteiger partial charge < -0.3 is 4.90 Å². The van der Waals surface area contributed by atoms with Crippen LogP contribution < -0.4 is 0 Å². The number of nitrogens with zero attached hydrogens (tertiary/aromatic N) is 1. The molecule has 0 aliphatic carbocycles. The van der Waals surface area contributed by atoms with Crippen molar-refractivity contribution < 1.29 is 13.2 Å². The van der Waals surface area contributed by atoms with E-state index in [9.17, 15) is 13.2 Å². The maximum Gasteiger partial charge on any atom is 0.264 e. The van der Waals surface area contributed by atoms with Crippen LogP contribution in [0.3, 0.4) is 0 Å². The highest BCUT2D eigenvalue weighted by Gasteiger charge is 2.50. The zero-order valence-electron chi connectivity index (χ0n) is 9.42. The van der Waals surface area contributed by atoms with E-state index in [1.165, 1.54) is 11.3 Å². The number of sulfone groups is 1. The Bertz CT molecular complexity index is 575. The standard InChI is InChI=1S/C11H13NO3S2/c1-7-2-3-16-10(7)11(13)12-5-9-4-8(12)6-17(9,14)15/h2-3,8-9H,4-6H2,1H3. The average Bonchev–Trinajstić information content (AvgIpc) is 2.89. The average molecular weight is 271 g/mol. The fourth-order valence-corrected chi connectivity index (χ4v) is 5.57. The Morgan fingerprint density at radius 3 is 2.76 bits per heavy atom. The molecule has 1 aromatic rings. The maximum atomic E-state index is 12.3. The summed E-state index contributed by atoms with van der Waals surface area (Å²) in [5, 5.41) is 1.57. The molecule has 2 unspecified atom stereocenters. The number of likely N-dealkylation sites (tertiary alicyclic amines) is 1. The summed E-state index contributed by atoms with van der Waals surface area (Å²) in [4.78, 5) is 14.8. The van der Waals surface area contributed by atoms with Crippen LogP contribution in [-0.4, -0.2) is 42.8 Å². The first-order valence-corrected chi connectivity index (χ1v) is 8.15. The molecule has 4 nitrogen and oxygen atoms in total. The monoisotopic (exact) mass is 271 g/mol. The number of fused-ring (bicyclic) bond motifs is 2. The first kappa shape index (κ1) is 11.2. The van der Waals surface area contributed by atoms with E-state index in [1.807, 2.05) is 18.4 Å². The molecular weight excluding hydrogens is 258 g/mol. The van der Waals surface area contributed by atoms with Gasteiger partial charge in [0.05, 0.1) is 15.9 Å². The molecule has 0 radical (unpaired) electrons. The van der Waals surface area contributed by atoms with Gasteiger partial charge in [0, 0.05) is 12.6 Å². The Kier molecular flexibility index (Phi) is 2.35. The van der Waals surface area contributed by atoms with Crippen molar-refractivity contribution in [2.75, 3.05) is 12.3 Å². The van der Waals surface area contributed by atoms with E-state index in [1.54, 1.807) is 4.90 Å². The lowest BCUT2D eigenvalue weighted by Gasteiger charge is -2.26. The summed E-state index contributed by atoms with van der Waals surface area (Å²) in [5.74, 6) is 0.147. The van der Waals surface area contributed by atoms with E-state index in [0.29, 0.717) is 13.0 Å². The zero-order chi connectivity index (χ0) is 12.2. The Hall–Kier alpha value is -0.880. The highest BCUT2D eigenvalue weighted by atomic mass is 32.2. The van der Waals surface area contributed by atoms with Gasteiger partial charge in [-0.2, -0.15) is 0 Å². The summed E-state index contributed by atoms with van der Waals surface area (Å²) in [5.41, 5.74) is 0.977. The SMILES string of the molecule is Cc1ccsc1C(=O)N1CC2CC1CS2(=O)=O. The minimum Gasteiger partial charge on any atom is -0.333 e. The van der Waals surface area contributed by atoms with E-state index in [4.69, 9.17) is 0 Å². The quantitative estimate of drug-likeness (QED) is 0.767. The number of amides is 1. The summed E-state index contributed by atoms with van der Waals surface area (Å²) < 4.78 is 23.2. The van der Waals surface area contributed by atoms with Crippen molar-refractivity contribution in [3.63, 3.8) is 0 Å². The van der Waals surface area contributed by atoms with Crippen LogP contribution in [0.5, 0.6) is 0 Å². The Balaban J connectivity index is 1.86. The normalized spacial score (nSPS) is 29.8. The lowest BCUT2D eigenvalue weighted by atomic mass is 10.2. The van der Waals surface area contributed by atoms with Gasteiger partial charge in [-0.1, -0.05) is 0 Å². The molecule has 1 amide bonds. The molecule has 17 heavy (non-hydrogen) atoms. The van der Waals surface area contributed by atoms with Gasteiger partial charge in [0.25, 0.3) is 5.91 Å². The number of carbonyl (C=O) groups is 1. The molecule has 6 heteroatoms. The molecule has 2 aliphatic rings. The minimum atomic E-state index is -2.92. The molecule has 1 aromatic heterocycles. The van der Waals surface area contributed by atoms with Crippen LogP contribution in [0.15, 0.2) is 11.4 Å². The molecule has 3 heterocycles. The molecule has 0 saturated carbocycles. The predicted octanol–water partition coefficient (Wildman–Crippen LogP) is 1.07. The van der Waals surface area contributed by atoms with Gasteiger partial charge in [-0.3, -0.25) is 4.79 Å². The first-order chi connectivity index (χ1) is 7.99. The van der Waals surface area contributed by atoms with Crippen LogP contribution in [0.25, 0.3) is 0 Å². The minimum absolute atomic E-state index is 0.0000926. The lowest BCUT2D eigenvalue weighted by molar-refractivity contribution is 0.0750. The van der Waals surface area contributed by atoms with Gasteiger partial charge in [-0.05, 0) is 30.4 Å². The third-order valence-corrected chi connectivity index (χ3v) is 6.84. The predicted molar refractivity (Wildman–Crippen MR) is 66.1 cm³/mol. The highest BCUT2D eigenvalue weighted by Crippen LogP contribution is 2.34. The van der Waals surface area contributed by atoms with Crippen molar-refractivity contribution in [1.82, 2.24) is 4.90 Å². The van der Waals surface area contributed by atoms with Gasteiger partial charge in [0.15, 0.2) is 9.84 Å². The fraction of sp³-hybridized carbons (Fsp3) is 0.545. The van der Waals surface area contributed by atoms with E-state index in [2.05, 4.69) is 0 Å². The molecule has 3 rings (SSSR count). The zero-order valence-corrected chi connectivity index (χ0v) is 11.1. The van der Waals surface area contributed by atoms with Crippen LogP contribution >= 0.6 is 11.3 Å². The highest BCUT2D eigenvalue weighted by molar-refractivity contribution is 7.92.